The molecule has 23 heavy (non-hydrogen) atoms. The van der Waals surface area contributed by atoms with Gasteiger partial charge in [-0.05, 0) is 53.9 Å². The quantitative estimate of drug-likeness (QED) is 0.561. The van der Waals surface area contributed by atoms with Crippen LogP contribution in [-0.4, -0.2) is 29.7 Å². The molecule has 1 aliphatic heterocycles. The van der Waals surface area contributed by atoms with Crippen molar-refractivity contribution in [1.29, 1.82) is 0 Å². The van der Waals surface area contributed by atoms with Crippen molar-refractivity contribution in [2.75, 3.05) is 6.61 Å². The maximum Gasteiger partial charge on any atom is 0.263 e. The highest BCUT2D eigenvalue weighted by atomic mass is 17.4. The van der Waals surface area contributed by atoms with Crippen LogP contribution < -0.4 is 0 Å². The second kappa shape index (κ2) is 6.24. The molecule has 0 N–H and O–H groups in total. The fourth-order valence-corrected chi connectivity index (χ4v) is 3.22. The summed E-state index contributed by atoms with van der Waals surface area (Å²) in [6, 6.07) is 0. The van der Waals surface area contributed by atoms with Crippen molar-refractivity contribution in [3.63, 3.8) is 0 Å². The molecule has 0 aromatic heterocycles. The first-order chi connectivity index (χ1) is 10.4. The van der Waals surface area contributed by atoms with Gasteiger partial charge in [0.05, 0.1) is 17.8 Å². The predicted molar refractivity (Wildman–Crippen MR) is 83.9 cm³/mol. The Hall–Kier alpha value is -0.240. The molecule has 0 spiro atoms. The molecular formula is C17H32O6. The average molecular weight is 332 g/mol. The molecule has 6 heteroatoms. The molecular weight excluding hydrogens is 300 g/mol. The third kappa shape index (κ3) is 4.65. The van der Waals surface area contributed by atoms with Gasteiger partial charge in [-0.1, -0.05) is 13.8 Å². The lowest BCUT2D eigenvalue weighted by molar-refractivity contribution is -0.651. The van der Waals surface area contributed by atoms with Crippen LogP contribution >= 0.6 is 0 Å². The Balaban J connectivity index is 2.03. The molecule has 2 aliphatic rings. The van der Waals surface area contributed by atoms with E-state index in [1.54, 1.807) is 0 Å². The Bertz CT molecular complexity index is 412. The van der Waals surface area contributed by atoms with E-state index in [-0.39, 0.29) is 17.1 Å². The van der Waals surface area contributed by atoms with Gasteiger partial charge in [0, 0.05) is 11.8 Å². The third-order valence-corrected chi connectivity index (χ3v) is 3.90. The Kier molecular flexibility index (Phi) is 5.18. The first-order valence-corrected chi connectivity index (χ1v) is 8.37. The number of fused-ring (bicyclic) bond motifs is 1. The third-order valence-electron chi connectivity index (χ3n) is 3.90. The van der Waals surface area contributed by atoms with Crippen molar-refractivity contribution in [1.82, 2.24) is 0 Å². The molecule has 2 rings (SSSR count). The van der Waals surface area contributed by atoms with Gasteiger partial charge in [-0.3, -0.25) is 0 Å². The smallest absolute Gasteiger partial charge is 0.236 e. The minimum Gasteiger partial charge on any atom is -0.236 e. The largest absolute Gasteiger partial charge is 0.263 e. The summed E-state index contributed by atoms with van der Waals surface area (Å²) in [5.74, 6) is -0.480. The van der Waals surface area contributed by atoms with Crippen LogP contribution in [0.4, 0.5) is 0 Å². The molecule has 4 atom stereocenters. The summed E-state index contributed by atoms with van der Waals surface area (Å²) in [4.78, 5) is 32.9. The average Bonchev–Trinajstić information content (AvgIpc) is 2.28. The van der Waals surface area contributed by atoms with Crippen LogP contribution in [0.5, 0.6) is 0 Å². The van der Waals surface area contributed by atoms with Gasteiger partial charge < -0.3 is 0 Å². The first kappa shape index (κ1) is 19.1. The van der Waals surface area contributed by atoms with Crippen molar-refractivity contribution >= 4 is 0 Å². The highest BCUT2D eigenvalue weighted by molar-refractivity contribution is 5.02. The van der Waals surface area contributed by atoms with E-state index in [1.165, 1.54) is 0 Å². The molecule has 0 radical (unpaired) electrons. The zero-order valence-electron chi connectivity index (χ0n) is 15.7. The van der Waals surface area contributed by atoms with Gasteiger partial charge >= 0.3 is 0 Å². The van der Waals surface area contributed by atoms with Gasteiger partial charge in [0.15, 0.2) is 6.10 Å². The maximum absolute atomic E-state index is 5.70. The molecule has 6 nitrogen and oxygen atoms in total. The van der Waals surface area contributed by atoms with Crippen LogP contribution in [0.3, 0.4) is 0 Å². The lowest BCUT2D eigenvalue weighted by Crippen LogP contribution is -2.69. The molecule has 0 bridgehead atoms. The van der Waals surface area contributed by atoms with Crippen LogP contribution in [0.25, 0.3) is 0 Å². The van der Waals surface area contributed by atoms with E-state index in [1.807, 2.05) is 41.5 Å². The van der Waals surface area contributed by atoms with E-state index in [4.69, 9.17) is 29.3 Å². The van der Waals surface area contributed by atoms with Gasteiger partial charge in [-0.25, -0.2) is 19.6 Å². The Morgan fingerprint density at radius 1 is 1.00 bits per heavy atom. The molecule has 2 fully saturated rings. The molecule has 4 unspecified atom stereocenters. The Morgan fingerprint density at radius 3 is 2.09 bits per heavy atom. The molecule has 1 heterocycles. The predicted octanol–water partition coefficient (Wildman–Crippen LogP) is 3.94. The van der Waals surface area contributed by atoms with Crippen LogP contribution in [-0.2, 0) is 29.3 Å². The number of hydrogen-bond donors (Lipinski definition) is 0. The van der Waals surface area contributed by atoms with Crippen molar-refractivity contribution in [3.8, 4) is 0 Å². The molecule has 1 saturated heterocycles. The summed E-state index contributed by atoms with van der Waals surface area (Å²) in [5.41, 5.74) is -1.04. The van der Waals surface area contributed by atoms with Gasteiger partial charge in [-0.2, -0.15) is 9.78 Å². The summed E-state index contributed by atoms with van der Waals surface area (Å²) in [5, 5.41) is 0. The minimum atomic E-state index is -0.870. The van der Waals surface area contributed by atoms with E-state index < -0.39 is 11.4 Å². The molecule has 0 amide bonds. The summed E-state index contributed by atoms with van der Waals surface area (Å²) in [6.07, 6.45) is 1.41. The molecule has 0 aromatic rings. The fraction of sp³-hybridized carbons (Fsp3) is 1.00. The summed E-state index contributed by atoms with van der Waals surface area (Å²) >= 11 is 0. The zero-order valence-corrected chi connectivity index (χ0v) is 15.7. The maximum atomic E-state index is 5.70. The van der Waals surface area contributed by atoms with E-state index in [9.17, 15) is 0 Å². The fourth-order valence-electron chi connectivity index (χ4n) is 3.22. The second-order valence-corrected chi connectivity index (χ2v) is 9.28. The normalized spacial score (nSPS) is 38.1. The van der Waals surface area contributed by atoms with Crippen molar-refractivity contribution < 1.29 is 29.3 Å². The Morgan fingerprint density at radius 2 is 1.61 bits per heavy atom. The van der Waals surface area contributed by atoms with Crippen LogP contribution in [0.2, 0.25) is 0 Å². The monoisotopic (exact) mass is 332 g/mol. The van der Waals surface area contributed by atoms with Gasteiger partial charge in [-0.15, -0.1) is 0 Å². The van der Waals surface area contributed by atoms with Crippen LogP contribution in [0.1, 0.15) is 68.2 Å². The summed E-state index contributed by atoms with van der Waals surface area (Å²) in [7, 11) is 0. The van der Waals surface area contributed by atoms with Crippen molar-refractivity contribution in [2.24, 2.45) is 11.3 Å². The topological polar surface area (TPSA) is 55.4 Å². The SMILES string of the molecule is CC1CC(C)(COOC(C)(C)C)C2OOC2(OOC(C)(C)C)C1. The molecule has 136 valence electrons. The number of hydrogen-bond acceptors (Lipinski definition) is 6. The summed E-state index contributed by atoms with van der Waals surface area (Å²) in [6.45, 7) is 16.3. The first-order valence-electron chi connectivity index (χ1n) is 8.37. The zero-order chi connectivity index (χ0) is 17.5. The molecule has 1 saturated carbocycles. The van der Waals surface area contributed by atoms with Crippen molar-refractivity contribution in [3.05, 3.63) is 0 Å². The van der Waals surface area contributed by atoms with Crippen LogP contribution in [0, 0.1) is 11.3 Å². The Labute approximate surface area is 139 Å². The van der Waals surface area contributed by atoms with Gasteiger partial charge in [0.1, 0.15) is 0 Å². The lowest BCUT2D eigenvalue weighted by atomic mass is 9.66. The van der Waals surface area contributed by atoms with Crippen LogP contribution in [0.15, 0.2) is 0 Å². The standard InChI is InChI=1S/C17H32O6/c1-12-9-16(8,11-18-20-14(2,3)4)13-17(10-12,22-19-13)23-21-15(5,6)7/h12-13H,9-11H2,1-8H3. The lowest BCUT2D eigenvalue weighted by Gasteiger charge is -2.57. The highest BCUT2D eigenvalue weighted by Crippen LogP contribution is 2.54. The molecule has 1 aliphatic carbocycles. The highest BCUT2D eigenvalue weighted by Gasteiger charge is 2.66. The van der Waals surface area contributed by atoms with E-state index in [2.05, 4.69) is 13.8 Å². The van der Waals surface area contributed by atoms with Gasteiger partial charge in [0.2, 0.25) is 0 Å². The second-order valence-electron chi connectivity index (χ2n) is 9.28. The van der Waals surface area contributed by atoms with E-state index in [0.29, 0.717) is 12.5 Å². The molecule has 0 aromatic carbocycles. The van der Waals surface area contributed by atoms with Gasteiger partial charge in [0.25, 0.3) is 5.79 Å². The van der Waals surface area contributed by atoms with E-state index in [0.717, 1.165) is 12.8 Å². The van der Waals surface area contributed by atoms with E-state index >= 15 is 0 Å². The van der Waals surface area contributed by atoms with Crippen molar-refractivity contribution in [2.45, 2.75) is 91.3 Å². The summed E-state index contributed by atoms with van der Waals surface area (Å²) < 4.78 is 0. The minimum absolute atomic E-state index is 0.253. The number of rotatable bonds is 5.